The lowest BCUT2D eigenvalue weighted by molar-refractivity contribution is -0.117. The van der Waals surface area contributed by atoms with Crippen molar-refractivity contribution in [3.05, 3.63) is 65.0 Å². The average Bonchev–Trinajstić information content (AvgIpc) is 2.45. The van der Waals surface area contributed by atoms with Gasteiger partial charge in [0.05, 0.1) is 6.54 Å². The molecule has 116 valence electrons. The van der Waals surface area contributed by atoms with Crippen LogP contribution in [0.25, 0.3) is 0 Å². The minimum atomic E-state index is -0.251. The quantitative estimate of drug-likeness (QED) is 0.916. The van der Waals surface area contributed by atoms with Crippen molar-refractivity contribution in [3.8, 4) is 0 Å². The largest absolute Gasteiger partial charge is 0.324 e. The molecule has 1 N–H and O–H groups in total. The Hall–Kier alpha value is -2.20. The number of nitrogens with zero attached hydrogens (tertiary/aromatic N) is 1. The number of nitrogens with one attached hydrogen (secondary N) is 1. The van der Waals surface area contributed by atoms with Crippen LogP contribution < -0.4 is 5.32 Å². The summed E-state index contributed by atoms with van der Waals surface area (Å²) in [7, 11) is 1.87. The number of aryl methyl sites for hydroxylation is 2. The van der Waals surface area contributed by atoms with Crippen molar-refractivity contribution < 1.29 is 9.18 Å². The van der Waals surface area contributed by atoms with E-state index in [2.05, 4.69) is 5.32 Å². The number of likely N-dealkylation sites (N-methyl/N-ethyl adjacent to an activating group) is 1. The monoisotopic (exact) mass is 300 g/mol. The summed E-state index contributed by atoms with van der Waals surface area (Å²) in [6, 6.07) is 12.3. The Morgan fingerprint density at radius 1 is 1.09 bits per heavy atom. The fourth-order valence-corrected chi connectivity index (χ4v) is 2.39. The van der Waals surface area contributed by atoms with Gasteiger partial charge < -0.3 is 5.32 Å². The summed E-state index contributed by atoms with van der Waals surface area (Å²) in [5.41, 5.74) is 3.95. The minimum absolute atomic E-state index is 0.0537. The fraction of sp³-hybridized carbons (Fsp3) is 0.278. The molecule has 2 rings (SSSR count). The highest BCUT2D eigenvalue weighted by molar-refractivity contribution is 5.93. The molecule has 2 aromatic carbocycles. The molecule has 0 aliphatic carbocycles. The van der Waals surface area contributed by atoms with Crippen molar-refractivity contribution in [3.63, 3.8) is 0 Å². The molecule has 3 nitrogen and oxygen atoms in total. The smallest absolute Gasteiger partial charge is 0.238 e. The SMILES string of the molecule is Cc1cccc(C)c1NC(=O)CN(C)Cc1ccc(F)cc1. The zero-order chi connectivity index (χ0) is 16.1. The molecule has 0 radical (unpaired) electrons. The van der Waals surface area contributed by atoms with Crippen LogP contribution in [0.2, 0.25) is 0 Å². The van der Waals surface area contributed by atoms with Gasteiger partial charge in [-0.25, -0.2) is 4.39 Å². The molecule has 4 heteroatoms. The summed E-state index contributed by atoms with van der Waals surface area (Å²) in [6.45, 7) is 4.83. The van der Waals surface area contributed by atoms with Crippen LogP contribution in [-0.2, 0) is 11.3 Å². The second kappa shape index (κ2) is 7.18. The zero-order valence-corrected chi connectivity index (χ0v) is 13.2. The summed E-state index contributed by atoms with van der Waals surface area (Å²) < 4.78 is 12.9. The molecule has 0 atom stereocenters. The van der Waals surface area contributed by atoms with Crippen LogP contribution in [0.4, 0.5) is 10.1 Å². The molecule has 1 amide bonds. The predicted molar refractivity (Wildman–Crippen MR) is 87.3 cm³/mol. The lowest BCUT2D eigenvalue weighted by atomic mass is 10.1. The van der Waals surface area contributed by atoms with Gasteiger partial charge >= 0.3 is 0 Å². The van der Waals surface area contributed by atoms with Crippen molar-refractivity contribution in [1.82, 2.24) is 4.90 Å². The maximum absolute atomic E-state index is 12.9. The number of para-hydroxylation sites is 1. The standard InChI is InChI=1S/C18H21FN2O/c1-13-5-4-6-14(2)18(13)20-17(22)12-21(3)11-15-7-9-16(19)10-8-15/h4-10H,11-12H2,1-3H3,(H,20,22). The molecule has 0 spiro atoms. The highest BCUT2D eigenvalue weighted by Crippen LogP contribution is 2.19. The number of rotatable bonds is 5. The van der Waals surface area contributed by atoms with Gasteiger partial charge in [0.2, 0.25) is 5.91 Å². The highest BCUT2D eigenvalue weighted by Gasteiger charge is 2.10. The molecule has 0 saturated heterocycles. The molecule has 2 aromatic rings. The molecular formula is C18H21FN2O. The van der Waals surface area contributed by atoms with Gasteiger partial charge in [-0.15, -0.1) is 0 Å². The number of anilines is 1. The summed E-state index contributed by atoms with van der Waals surface area (Å²) in [4.78, 5) is 14.1. The number of amides is 1. The first-order valence-electron chi connectivity index (χ1n) is 7.25. The van der Waals surface area contributed by atoms with Crippen LogP contribution in [0.1, 0.15) is 16.7 Å². The Morgan fingerprint density at radius 3 is 2.27 bits per heavy atom. The number of hydrogen-bond acceptors (Lipinski definition) is 2. The van der Waals surface area contributed by atoms with Crippen molar-refractivity contribution in [2.45, 2.75) is 20.4 Å². The Labute approximate surface area is 130 Å². The van der Waals surface area contributed by atoms with Gasteiger partial charge in [-0.05, 0) is 49.7 Å². The molecule has 0 aliphatic heterocycles. The molecule has 0 bridgehead atoms. The predicted octanol–water partition coefficient (Wildman–Crippen LogP) is 3.51. The first-order valence-corrected chi connectivity index (χ1v) is 7.25. The normalized spacial score (nSPS) is 10.8. The van der Waals surface area contributed by atoms with Crippen LogP contribution >= 0.6 is 0 Å². The van der Waals surface area contributed by atoms with E-state index in [0.717, 1.165) is 22.4 Å². The summed E-state index contributed by atoms with van der Waals surface area (Å²) in [6.07, 6.45) is 0. The third-order valence-electron chi connectivity index (χ3n) is 3.52. The summed E-state index contributed by atoms with van der Waals surface area (Å²) in [5.74, 6) is -0.304. The number of hydrogen-bond donors (Lipinski definition) is 1. The van der Waals surface area contributed by atoms with Crippen LogP contribution in [0.3, 0.4) is 0 Å². The van der Waals surface area contributed by atoms with Gasteiger partial charge in [0.1, 0.15) is 5.82 Å². The first kappa shape index (κ1) is 16.2. The van der Waals surface area contributed by atoms with Gasteiger partial charge in [-0.1, -0.05) is 30.3 Å². The molecule has 0 heterocycles. The van der Waals surface area contributed by atoms with E-state index in [1.54, 1.807) is 12.1 Å². The third-order valence-corrected chi connectivity index (χ3v) is 3.52. The van der Waals surface area contributed by atoms with E-state index < -0.39 is 0 Å². The highest BCUT2D eigenvalue weighted by atomic mass is 19.1. The Kier molecular flexibility index (Phi) is 5.28. The molecule has 0 aliphatic rings. The molecule has 0 fully saturated rings. The van der Waals surface area contributed by atoms with E-state index in [9.17, 15) is 9.18 Å². The van der Waals surface area contributed by atoms with Gasteiger partial charge in [-0.3, -0.25) is 9.69 Å². The number of carbonyl (C=O) groups excluding carboxylic acids is 1. The van der Waals surface area contributed by atoms with Crippen molar-refractivity contribution in [2.24, 2.45) is 0 Å². The molecular weight excluding hydrogens is 279 g/mol. The van der Waals surface area contributed by atoms with Crippen molar-refractivity contribution in [1.29, 1.82) is 0 Å². The fourth-order valence-electron chi connectivity index (χ4n) is 2.39. The lowest BCUT2D eigenvalue weighted by Crippen LogP contribution is -2.30. The van der Waals surface area contributed by atoms with E-state index in [1.165, 1.54) is 12.1 Å². The lowest BCUT2D eigenvalue weighted by Gasteiger charge is -2.18. The van der Waals surface area contributed by atoms with E-state index in [1.807, 2.05) is 44.0 Å². The second-order valence-corrected chi connectivity index (χ2v) is 5.61. The van der Waals surface area contributed by atoms with E-state index in [4.69, 9.17) is 0 Å². The Bertz CT molecular complexity index is 632. The van der Waals surface area contributed by atoms with E-state index in [0.29, 0.717) is 6.54 Å². The van der Waals surface area contributed by atoms with Crippen molar-refractivity contribution >= 4 is 11.6 Å². The van der Waals surface area contributed by atoms with Gasteiger partial charge in [0.25, 0.3) is 0 Å². The third kappa shape index (κ3) is 4.40. The molecule has 22 heavy (non-hydrogen) atoms. The van der Waals surface area contributed by atoms with Gasteiger partial charge in [0, 0.05) is 12.2 Å². The number of benzene rings is 2. The van der Waals surface area contributed by atoms with Crippen molar-refractivity contribution in [2.75, 3.05) is 18.9 Å². The van der Waals surface area contributed by atoms with Crippen LogP contribution in [-0.4, -0.2) is 24.4 Å². The summed E-state index contributed by atoms with van der Waals surface area (Å²) >= 11 is 0. The maximum Gasteiger partial charge on any atom is 0.238 e. The van der Waals surface area contributed by atoms with E-state index in [-0.39, 0.29) is 18.3 Å². The topological polar surface area (TPSA) is 32.3 Å². The summed E-state index contributed by atoms with van der Waals surface area (Å²) in [5, 5.41) is 2.96. The Morgan fingerprint density at radius 2 is 1.68 bits per heavy atom. The van der Waals surface area contributed by atoms with Crippen LogP contribution in [0.15, 0.2) is 42.5 Å². The van der Waals surface area contributed by atoms with Crippen LogP contribution in [0, 0.1) is 19.7 Å². The first-order chi connectivity index (χ1) is 10.5. The van der Waals surface area contributed by atoms with Crippen LogP contribution in [0.5, 0.6) is 0 Å². The molecule has 0 aromatic heterocycles. The average molecular weight is 300 g/mol. The molecule has 0 saturated carbocycles. The number of carbonyl (C=O) groups is 1. The second-order valence-electron chi connectivity index (χ2n) is 5.61. The van der Waals surface area contributed by atoms with E-state index >= 15 is 0 Å². The molecule has 0 unspecified atom stereocenters. The Balaban J connectivity index is 1.92. The minimum Gasteiger partial charge on any atom is -0.324 e. The van der Waals surface area contributed by atoms with Gasteiger partial charge in [-0.2, -0.15) is 0 Å². The number of halogens is 1. The zero-order valence-electron chi connectivity index (χ0n) is 13.2. The van der Waals surface area contributed by atoms with Gasteiger partial charge in [0.15, 0.2) is 0 Å². The maximum atomic E-state index is 12.9.